The van der Waals surface area contributed by atoms with Crippen LogP contribution in [0, 0.1) is 0 Å². The van der Waals surface area contributed by atoms with E-state index in [1.54, 1.807) is 6.20 Å². The molecule has 0 fully saturated rings. The average molecular weight is 271 g/mol. The summed E-state index contributed by atoms with van der Waals surface area (Å²) in [4.78, 5) is 12.5. The van der Waals surface area contributed by atoms with E-state index in [0.717, 1.165) is 10.4 Å². The van der Waals surface area contributed by atoms with Crippen LogP contribution in [0.5, 0.6) is 0 Å². The summed E-state index contributed by atoms with van der Waals surface area (Å²) < 4.78 is 0.956. The second-order valence-corrected chi connectivity index (χ2v) is 4.45. The lowest BCUT2D eigenvalue weighted by atomic mass is 10.5. The van der Waals surface area contributed by atoms with Gasteiger partial charge in [-0.15, -0.1) is 0 Å². The molecule has 0 saturated heterocycles. The summed E-state index contributed by atoms with van der Waals surface area (Å²) in [6.07, 6.45) is 1.74. The zero-order valence-electron chi connectivity index (χ0n) is 9.40. The highest BCUT2D eigenvalue weighted by Gasteiger charge is 2.04. The van der Waals surface area contributed by atoms with Crippen LogP contribution in [0.2, 0.25) is 0 Å². The number of rotatable bonds is 1. The topological polar surface area (TPSA) is 31.7 Å². The van der Waals surface area contributed by atoms with E-state index in [1.807, 2.05) is 50.1 Å². The molecule has 1 aromatic rings. The smallest absolute Gasteiger partial charge is 0.202 e. The van der Waals surface area contributed by atoms with E-state index in [-0.39, 0.29) is 0 Å². The fourth-order valence-corrected chi connectivity index (χ4v) is 1.37. The van der Waals surface area contributed by atoms with E-state index in [0.29, 0.717) is 5.82 Å². The summed E-state index contributed by atoms with van der Waals surface area (Å²) in [6.45, 7) is 0. The van der Waals surface area contributed by atoms with E-state index in [1.165, 1.54) is 0 Å². The SMILES string of the molecule is CN(C)C(=Nc1ccc(Br)cn1)N(C)C. The standard InChI is InChI=1S/C10H15BrN4/c1-14(2)10(15(3)4)13-9-6-5-8(11)7-12-9/h5-7H,1-4H3. The van der Waals surface area contributed by atoms with Crippen LogP contribution in [0.15, 0.2) is 27.8 Å². The first-order valence-corrected chi connectivity index (χ1v) is 5.35. The fraction of sp³-hybridized carbons (Fsp3) is 0.400. The van der Waals surface area contributed by atoms with Gasteiger partial charge in [-0.05, 0) is 28.1 Å². The molecule has 0 saturated carbocycles. The van der Waals surface area contributed by atoms with Crippen LogP contribution in [-0.4, -0.2) is 48.9 Å². The van der Waals surface area contributed by atoms with Crippen molar-refractivity contribution in [3.8, 4) is 0 Å². The maximum absolute atomic E-state index is 4.44. The number of aromatic nitrogens is 1. The molecule has 0 radical (unpaired) electrons. The number of pyridine rings is 1. The molecular weight excluding hydrogens is 256 g/mol. The summed E-state index contributed by atoms with van der Waals surface area (Å²) >= 11 is 3.34. The van der Waals surface area contributed by atoms with Crippen molar-refractivity contribution in [3.05, 3.63) is 22.8 Å². The molecule has 0 amide bonds. The number of halogens is 1. The average Bonchev–Trinajstić information content (AvgIpc) is 2.15. The highest BCUT2D eigenvalue weighted by molar-refractivity contribution is 9.10. The molecule has 15 heavy (non-hydrogen) atoms. The quantitative estimate of drug-likeness (QED) is 0.578. The molecule has 1 heterocycles. The number of nitrogens with zero attached hydrogens (tertiary/aromatic N) is 4. The Morgan fingerprint density at radius 3 is 2.20 bits per heavy atom. The van der Waals surface area contributed by atoms with Crippen LogP contribution < -0.4 is 0 Å². The number of hydrogen-bond donors (Lipinski definition) is 0. The summed E-state index contributed by atoms with van der Waals surface area (Å²) in [6, 6.07) is 3.80. The Morgan fingerprint density at radius 1 is 1.20 bits per heavy atom. The molecule has 82 valence electrons. The van der Waals surface area contributed by atoms with E-state index >= 15 is 0 Å². The van der Waals surface area contributed by atoms with Crippen LogP contribution in [0.25, 0.3) is 0 Å². The third kappa shape index (κ3) is 3.51. The van der Waals surface area contributed by atoms with Crippen LogP contribution in [0.4, 0.5) is 5.82 Å². The molecule has 0 atom stereocenters. The predicted octanol–water partition coefficient (Wildman–Crippen LogP) is 1.95. The van der Waals surface area contributed by atoms with E-state index in [9.17, 15) is 0 Å². The van der Waals surface area contributed by atoms with Crippen LogP contribution in [0.3, 0.4) is 0 Å². The summed E-state index contributed by atoms with van der Waals surface area (Å²) in [5, 5.41) is 0. The van der Waals surface area contributed by atoms with Crippen molar-refractivity contribution >= 4 is 27.7 Å². The minimum atomic E-state index is 0.704. The molecule has 1 rings (SSSR count). The lowest BCUT2D eigenvalue weighted by Gasteiger charge is -2.22. The van der Waals surface area contributed by atoms with Gasteiger partial charge in [0.15, 0.2) is 5.82 Å². The second-order valence-electron chi connectivity index (χ2n) is 3.54. The van der Waals surface area contributed by atoms with Gasteiger partial charge in [0.1, 0.15) is 0 Å². The molecule has 0 aliphatic rings. The minimum Gasteiger partial charge on any atom is -0.349 e. The van der Waals surface area contributed by atoms with Gasteiger partial charge < -0.3 is 9.80 Å². The normalized spacial score (nSPS) is 9.67. The molecule has 0 bridgehead atoms. The van der Waals surface area contributed by atoms with E-state index in [4.69, 9.17) is 0 Å². The van der Waals surface area contributed by atoms with Gasteiger partial charge in [-0.1, -0.05) is 0 Å². The molecule has 4 nitrogen and oxygen atoms in total. The molecule has 0 N–H and O–H groups in total. The molecule has 0 aliphatic heterocycles. The van der Waals surface area contributed by atoms with Gasteiger partial charge in [0.25, 0.3) is 0 Å². The van der Waals surface area contributed by atoms with Gasteiger partial charge in [-0.25, -0.2) is 4.98 Å². The Balaban J connectivity index is 2.97. The Labute approximate surface area is 98.8 Å². The molecular formula is C10H15BrN4. The Bertz CT molecular complexity index is 333. The Kier molecular flexibility index (Phi) is 4.08. The van der Waals surface area contributed by atoms with Crippen molar-refractivity contribution in [1.82, 2.24) is 14.8 Å². The zero-order valence-corrected chi connectivity index (χ0v) is 11.0. The molecule has 0 aliphatic carbocycles. The minimum absolute atomic E-state index is 0.704. The number of aliphatic imine (C=N–C) groups is 1. The number of guanidine groups is 1. The van der Waals surface area contributed by atoms with Gasteiger partial charge in [0.05, 0.1) is 0 Å². The highest BCUT2D eigenvalue weighted by atomic mass is 79.9. The third-order valence-corrected chi connectivity index (χ3v) is 2.20. The van der Waals surface area contributed by atoms with Crippen molar-refractivity contribution in [1.29, 1.82) is 0 Å². The van der Waals surface area contributed by atoms with Crippen molar-refractivity contribution in [2.45, 2.75) is 0 Å². The van der Waals surface area contributed by atoms with Crippen molar-refractivity contribution < 1.29 is 0 Å². The first-order chi connectivity index (χ1) is 7.00. The highest BCUT2D eigenvalue weighted by Crippen LogP contribution is 2.13. The molecule has 5 heteroatoms. The first kappa shape index (κ1) is 12.0. The zero-order chi connectivity index (χ0) is 11.4. The monoisotopic (exact) mass is 270 g/mol. The van der Waals surface area contributed by atoms with Gasteiger partial charge in [0, 0.05) is 38.9 Å². The predicted molar refractivity (Wildman–Crippen MR) is 66.4 cm³/mol. The summed E-state index contributed by atoms with van der Waals surface area (Å²) in [7, 11) is 7.82. The van der Waals surface area contributed by atoms with Crippen LogP contribution in [-0.2, 0) is 0 Å². The Morgan fingerprint density at radius 2 is 1.80 bits per heavy atom. The molecule has 0 aromatic carbocycles. The fourth-order valence-electron chi connectivity index (χ4n) is 1.14. The second kappa shape index (κ2) is 5.11. The Hall–Kier alpha value is -1.10. The maximum atomic E-state index is 4.44. The van der Waals surface area contributed by atoms with Crippen molar-refractivity contribution in [2.24, 2.45) is 4.99 Å². The lowest BCUT2D eigenvalue weighted by Crippen LogP contribution is -2.35. The number of hydrogen-bond acceptors (Lipinski definition) is 2. The van der Waals surface area contributed by atoms with Gasteiger partial charge in [-0.2, -0.15) is 4.99 Å². The molecule has 0 spiro atoms. The summed E-state index contributed by atoms with van der Waals surface area (Å²) in [5.74, 6) is 1.57. The lowest BCUT2D eigenvalue weighted by molar-refractivity contribution is 0.484. The molecule has 1 aromatic heterocycles. The van der Waals surface area contributed by atoms with Crippen LogP contribution in [0.1, 0.15) is 0 Å². The van der Waals surface area contributed by atoms with Gasteiger partial charge in [-0.3, -0.25) is 0 Å². The first-order valence-electron chi connectivity index (χ1n) is 4.55. The third-order valence-electron chi connectivity index (χ3n) is 1.73. The summed E-state index contributed by atoms with van der Waals surface area (Å²) in [5.41, 5.74) is 0. The van der Waals surface area contributed by atoms with Crippen molar-refractivity contribution in [3.63, 3.8) is 0 Å². The van der Waals surface area contributed by atoms with Gasteiger partial charge in [0.2, 0.25) is 5.96 Å². The molecule has 0 unspecified atom stereocenters. The largest absolute Gasteiger partial charge is 0.349 e. The van der Waals surface area contributed by atoms with E-state index < -0.39 is 0 Å². The maximum Gasteiger partial charge on any atom is 0.202 e. The van der Waals surface area contributed by atoms with Crippen molar-refractivity contribution in [2.75, 3.05) is 28.2 Å². The van der Waals surface area contributed by atoms with Gasteiger partial charge >= 0.3 is 0 Å². The van der Waals surface area contributed by atoms with E-state index in [2.05, 4.69) is 25.9 Å². The van der Waals surface area contributed by atoms with Crippen LogP contribution >= 0.6 is 15.9 Å².